The largest absolute Gasteiger partial charge is 0.311 e. The van der Waals surface area contributed by atoms with E-state index in [1.165, 1.54) is 5.56 Å². The summed E-state index contributed by atoms with van der Waals surface area (Å²) in [6.45, 7) is 9.77. The van der Waals surface area contributed by atoms with Crippen LogP contribution in [0.5, 0.6) is 0 Å². The molecular formula is C12H21N3. The number of aromatic nitrogens is 1. The van der Waals surface area contributed by atoms with Crippen LogP contribution in [0.15, 0.2) is 24.5 Å². The molecule has 0 radical (unpaired) electrons. The molecule has 0 spiro atoms. The van der Waals surface area contributed by atoms with Gasteiger partial charge in [-0.2, -0.15) is 0 Å². The minimum Gasteiger partial charge on any atom is -0.311 e. The lowest BCUT2D eigenvalue weighted by molar-refractivity contribution is 0.302. The fraction of sp³-hybridized carbons (Fsp3) is 0.583. The molecule has 0 aromatic carbocycles. The van der Waals surface area contributed by atoms with Crippen LogP contribution in [0.3, 0.4) is 0 Å². The number of nitrogens with one attached hydrogen (secondary N) is 1. The Hall–Kier alpha value is -0.930. The zero-order valence-electron chi connectivity index (χ0n) is 9.74. The van der Waals surface area contributed by atoms with Gasteiger partial charge in [-0.1, -0.05) is 13.8 Å². The van der Waals surface area contributed by atoms with Crippen molar-refractivity contribution in [3.05, 3.63) is 30.1 Å². The number of rotatable bonds is 7. The Morgan fingerprint density at radius 3 is 2.47 bits per heavy atom. The predicted octanol–water partition coefficient (Wildman–Crippen LogP) is 1.51. The predicted molar refractivity (Wildman–Crippen MR) is 63.7 cm³/mol. The molecule has 1 aromatic rings. The van der Waals surface area contributed by atoms with Crippen LogP contribution in [0, 0.1) is 0 Å². The number of hydrogen-bond donors (Lipinski definition) is 1. The molecule has 15 heavy (non-hydrogen) atoms. The first-order valence-electron chi connectivity index (χ1n) is 5.68. The number of nitrogens with zero attached hydrogens (tertiary/aromatic N) is 2. The van der Waals surface area contributed by atoms with Crippen molar-refractivity contribution in [1.29, 1.82) is 0 Å². The van der Waals surface area contributed by atoms with Gasteiger partial charge in [0.05, 0.1) is 0 Å². The molecule has 0 aliphatic carbocycles. The van der Waals surface area contributed by atoms with Crippen molar-refractivity contribution in [3.63, 3.8) is 0 Å². The fourth-order valence-electron chi connectivity index (χ4n) is 1.51. The van der Waals surface area contributed by atoms with E-state index in [4.69, 9.17) is 0 Å². The quantitative estimate of drug-likeness (QED) is 0.687. The molecule has 0 saturated heterocycles. The Kier molecular flexibility index (Phi) is 5.97. The first-order valence-corrected chi connectivity index (χ1v) is 5.68. The van der Waals surface area contributed by atoms with Gasteiger partial charge >= 0.3 is 0 Å². The zero-order valence-corrected chi connectivity index (χ0v) is 9.74. The normalized spacial score (nSPS) is 10.9. The third-order valence-electron chi connectivity index (χ3n) is 2.58. The SMILES string of the molecule is CCN(CC)CCNCc1ccncc1. The molecule has 3 heteroatoms. The van der Waals surface area contributed by atoms with Crippen LogP contribution in [-0.2, 0) is 6.54 Å². The van der Waals surface area contributed by atoms with Gasteiger partial charge in [-0.25, -0.2) is 0 Å². The standard InChI is InChI=1S/C12H21N3/c1-3-15(4-2)10-9-14-11-12-5-7-13-8-6-12/h5-8,14H,3-4,9-11H2,1-2H3. The molecule has 1 heterocycles. The summed E-state index contributed by atoms with van der Waals surface area (Å²) in [5.41, 5.74) is 1.30. The summed E-state index contributed by atoms with van der Waals surface area (Å²) >= 11 is 0. The second-order valence-electron chi connectivity index (χ2n) is 3.56. The summed E-state index contributed by atoms with van der Waals surface area (Å²) in [4.78, 5) is 6.41. The molecule has 3 nitrogen and oxygen atoms in total. The molecular weight excluding hydrogens is 186 g/mol. The molecule has 0 fully saturated rings. The lowest BCUT2D eigenvalue weighted by Gasteiger charge is -2.17. The Balaban J connectivity index is 2.12. The smallest absolute Gasteiger partial charge is 0.0271 e. The molecule has 0 aliphatic rings. The van der Waals surface area contributed by atoms with Crippen molar-refractivity contribution in [2.24, 2.45) is 0 Å². The van der Waals surface area contributed by atoms with E-state index in [9.17, 15) is 0 Å². The van der Waals surface area contributed by atoms with Crippen molar-refractivity contribution in [2.45, 2.75) is 20.4 Å². The average Bonchev–Trinajstić information content (AvgIpc) is 2.31. The maximum atomic E-state index is 3.99. The number of likely N-dealkylation sites (N-methyl/N-ethyl adjacent to an activating group) is 1. The van der Waals surface area contributed by atoms with Crippen molar-refractivity contribution < 1.29 is 0 Å². The molecule has 0 bridgehead atoms. The van der Waals surface area contributed by atoms with Crippen LogP contribution in [-0.4, -0.2) is 36.1 Å². The lowest BCUT2D eigenvalue weighted by Crippen LogP contribution is -2.31. The van der Waals surface area contributed by atoms with Crippen LogP contribution < -0.4 is 5.32 Å². The fourth-order valence-corrected chi connectivity index (χ4v) is 1.51. The highest BCUT2D eigenvalue weighted by atomic mass is 15.1. The Morgan fingerprint density at radius 1 is 1.20 bits per heavy atom. The second kappa shape index (κ2) is 7.37. The van der Waals surface area contributed by atoms with Crippen LogP contribution in [0.25, 0.3) is 0 Å². The highest BCUT2D eigenvalue weighted by molar-refractivity contribution is 5.08. The van der Waals surface area contributed by atoms with E-state index < -0.39 is 0 Å². The maximum Gasteiger partial charge on any atom is 0.0271 e. The van der Waals surface area contributed by atoms with Crippen molar-refractivity contribution >= 4 is 0 Å². The summed E-state index contributed by atoms with van der Waals surface area (Å²) in [6, 6.07) is 4.09. The molecule has 1 rings (SSSR count). The molecule has 1 N–H and O–H groups in total. The van der Waals surface area contributed by atoms with E-state index in [2.05, 4.69) is 29.0 Å². The van der Waals surface area contributed by atoms with E-state index in [0.29, 0.717) is 0 Å². The van der Waals surface area contributed by atoms with Crippen LogP contribution in [0.4, 0.5) is 0 Å². The van der Waals surface area contributed by atoms with E-state index in [-0.39, 0.29) is 0 Å². The van der Waals surface area contributed by atoms with Crippen LogP contribution >= 0.6 is 0 Å². The Morgan fingerprint density at radius 2 is 1.87 bits per heavy atom. The van der Waals surface area contributed by atoms with E-state index in [1.807, 2.05) is 24.5 Å². The third-order valence-corrected chi connectivity index (χ3v) is 2.58. The van der Waals surface area contributed by atoms with Crippen molar-refractivity contribution in [3.8, 4) is 0 Å². The Labute approximate surface area is 92.5 Å². The molecule has 84 valence electrons. The van der Waals surface area contributed by atoms with E-state index in [0.717, 1.165) is 32.7 Å². The second-order valence-corrected chi connectivity index (χ2v) is 3.56. The monoisotopic (exact) mass is 207 g/mol. The van der Waals surface area contributed by atoms with Gasteiger partial charge < -0.3 is 10.2 Å². The first-order chi connectivity index (χ1) is 7.36. The van der Waals surface area contributed by atoms with Gasteiger partial charge in [-0.3, -0.25) is 4.98 Å². The average molecular weight is 207 g/mol. The van der Waals surface area contributed by atoms with Gasteiger partial charge in [0.2, 0.25) is 0 Å². The summed E-state index contributed by atoms with van der Waals surface area (Å²) in [5, 5.41) is 3.43. The number of hydrogen-bond acceptors (Lipinski definition) is 3. The van der Waals surface area contributed by atoms with Crippen molar-refractivity contribution in [1.82, 2.24) is 15.2 Å². The van der Waals surface area contributed by atoms with Gasteiger partial charge in [-0.05, 0) is 30.8 Å². The minimum absolute atomic E-state index is 0.934. The minimum atomic E-state index is 0.934. The third kappa shape index (κ3) is 4.91. The lowest BCUT2D eigenvalue weighted by atomic mass is 10.3. The van der Waals surface area contributed by atoms with Gasteiger partial charge in [0.15, 0.2) is 0 Å². The van der Waals surface area contributed by atoms with Crippen LogP contribution in [0.1, 0.15) is 19.4 Å². The molecule has 0 amide bonds. The molecule has 0 saturated carbocycles. The molecule has 0 unspecified atom stereocenters. The zero-order chi connectivity index (χ0) is 10.9. The molecule has 1 aromatic heterocycles. The van der Waals surface area contributed by atoms with Gasteiger partial charge in [-0.15, -0.1) is 0 Å². The van der Waals surface area contributed by atoms with Crippen LogP contribution in [0.2, 0.25) is 0 Å². The van der Waals surface area contributed by atoms with Gasteiger partial charge in [0.1, 0.15) is 0 Å². The maximum absolute atomic E-state index is 3.99. The summed E-state index contributed by atoms with van der Waals surface area (Å²) in [7, 11) is 0. The van der Waals surface area contributed by atoms with Gasteiger partial charge in [0, 0.05) is 32.0 Å². The molecule has 0 atom stereocenters. The summed E-state index contributed by atoms with van der Waals surface area (Å²) < 4.78 is 0. The summed E-state index contributed by atoms with van der Waals surface area (Å²) in [6.07, 6.45) is 3.67. The van der Waals surface area contributed by atoms with E-state index in [1.54, 1.807) is 0 Å². The highest BCUT2D eigenvalue weighted by Crippen LogP contribution is 1.94. The van der Waals surface area contributed by atoms with Gasteiger partial charge in [0.25, 0.3) is 0 Å². The number of pyridine rings is 1. The van der Waals surface area contributed by atoms with E-state index >= 15 is 0 Å². The Bertz CT molecular complexity index is 244. The topological polar surface area (TPSA) is 28.2 Å². The highest BCUT2D eigenvalue weighted by Gasteiger charge is 1.97. The summed E-state index contributed by atoms with van der Waals surface area (Å²) in [5.74, 6) is 0. The first kappa shape index (κ1) is 12.1. The van der Waals surface area contributed by atoms with Crippen molar-refractivity contribution in [2.75, 3.05) is 26.2 Å². The molecule has 0 aliphatic heterocycles.